The molecule has 1 fully saturated rings. The Bertz CT molecular complexity index is 500. The standard InChI is InChI=1S/C13H16N2OS2/c1-9-7-15(8-10(2)16-9)18-13-14-11-5-3-4-6-12(11)17-13/h3-6,9-10H,7-8H2,1-2H3/t9-,10+. The molecular formula is C13H16N2OS2. The molecule has 1 aromatic heterocycles. The van der Waals surface area contributed by atoms with Crippen molar-refractivity contribution in [1.29, 1.82) is 0 Å². The van der Waals surface area contributed by atoms with E-state index in [4.69, 9.17) is 4.74 Å². The van der Waals surface area contributed by atoms with E-state index < -0.39 is 0 Å². The van der Waals surface area contributed by atoms with Crippen molar-refractivity contribution >= 4 is 33.5 Å². The third-order valence-corrected chi connectivity index (χ3v) is 4.98. The first-order chi connectivity index (χ1) is 8.70. The number of rotatable bonds is 2. The fraction of sp³-hybridized carbons (Fsp3) is 0.462. The second-order valence-electron chi connectivity index (χ2n) is 4.64. The Morgan fingerprint density at radius 3 is 2.72 bits per heavy atom. The summed E-state index contributed by atoms with van der Waals surface area (Å²) >= 11 is 3.52. The van der Waals surface area contributed by atoms with Gasteiger partial charge in [-0.1, -0.05) is 12.1 Å². The molecule has 5 heteroatoms. The number of para-hydroxylation sites is 1. The molecule has 2 heterocycles. The quantitative estimate of drug-likeness (QED) is 0.787. The molecule has 1 saturated heterocycles. The molecule has 1 aliphatic rings. The maximum absolute atomic E-state index is 5.74. The van der Waals surface area contributed by atoms with Gasteiger partial charge in [-0.3, -0.25) is 0 Å². The van der Waals surface area contributed by atoms with Crippen LogP contribution in [0.3, 0.4) is 0 Å². The van der Waals surface area contributed by atoms with Crippen LogP contribution in [-0.4, -0.2) is 34.6 Å². The third kappa shape index (κ3) is 2.69. The Morgan fingerprint density at radius 1 is 1.28 bits per heavy atom. The first-order valence-corrected chi connectivity index (χ1v) is 7.73. The van der Waals surface area contributed by atoms with Crippen LogP contribution < -0.4 is 0 Å². The minimum atomic E-state index is 0.302. The van der Waals surface area contributed by atoms with Gasteiger partial charge in [0.25, 0.3) is 0 Å². The molecule has 1 aliphatic heterocycles. The van der Waals surface area contributed by atoms with E-state index in [2.05, 4.69) is 41.3 Å². The van der Waals surface area contributed by atoms with Crippen LogP contribution >= 0.6 is 23.3 Å². The Hall–Kier alpha value is -0.620. The minimum Gasteiger partial charge on any atom is -0.373 e. The zero-order chi connectivity index (χ0) is 12.5. The first kappa shape index (κ1) is 12.4. The average Bonchev–Trinajstić information content (AvgIpc) is 2.69. The Balaban J connectivity index is 1.75. The van der Waals surface area contributed by atoms with Gasteiger partial charge < -0.3 is 4.74 Å². The molecule has 0 aliphatic carbocycles. The number of thiazole rings is 1. The van der Waals surface area contributed by atoms with E-state index in [1.807, 2.05) is 6.07 Å². The molecule has 0 bridgehead atoms. The summed E-state index contributed by atoms with van der Waals surface area (Å²) in [7, 11) is 0. The van der Waals surface area contributed by atoms with Gasteiger partial charge in [-0.15, -0.1) is 11.3 Å². The van der Waals surface area contributed by atoms with Crippen LogP contribution in [0.4, 0.5) is 0 Å². The van der Waals surface area contributed by atoms with Gasteiger partial charge in [0.15, 0.2) is 4.34 Å². The highest BCUT2D eigenvalue weighted by Gasteiger charge is 2.23. The number of benzene rings is 1. The van der Waals surface area contributed by atoms with Crippen molar-refractivity contribution in [3.8, 4) is 0 Å². The molecule has 3 rings (SSSR count). The first-order valence-electron chi connectivity index (χ1n) is 6.14. The van der Waals surface area contributed by atoms with Gasteiger partial charge in [0, 0.05) is 13.1 Å². The molecule has 3 nitrogen and oxygen atoms in total. The lowest BCUT2D eigenvalue weighted by Gasteiger charge is -2.33. The molecule has 2 atom stereocenters. The van der Waals surface area contributed by atoms with Gasteiger partial charge in [-0.05, 0) is 37.9 Å². The molecule has 2 aromatic rings. The van der Waals surface area contributed by atoms with Crippen LogP contribution in [0, 0.1) is 0 Å². The van der Waals surface area contributed by atoms with Crippen LogP contribution in [0.15, 0.2) is 28.6 Å². The SMILES string of the molecule is C[C@@H]1CN(Sc2nc3ccccc3s2)C[C@H](C)O1. The summed E-state index contributed by atoms with van der Waals surface area (Å²) in [6.45, 7) is 6.18. The number of hydrogen-bond acceptors (Lipinski definition) is 5. The highest BCUT2D eigenvalue weighted by Crippen LogP contribution is 2.32. The van der Waals surface area contributed by atoms with E-state index in [9.17, 15) is 0 Å². The number of aromatic nitrogens is 1. The van der Waals surface area contributed by atoms with E-state index in [1.165, 1.54) is 4.70 Å². The predicted molar refractivity (Wildman–Crippen MR) is 77.1 cm³/mol. The van der Waals surface area contributed by atoms with Crippen molar-refractivity contribution in [2.45, 2.75) is 30.4 Å². The summed E-state index contributed by atoms with van der Waals surface area (Å²) in [5.74, 6) is 0. The van der Waals surface area contributed by atoms with E-state index in [0.717, 1.165) is 22.9 Å². The Labute approximate surface area is 115 Å². The Morgan fingerprint density at radius 2 is 2.00 bits per heavy atom. The molecule has 96 valence electrons. The largest absolute Gasteiger partial charge is 0.373 e. The smallest absolute Gasteiger partial charge is 0.166 e. The summed E-state index contributed by atoms with van der Waals surface area (Å²) in [4.78, 5) is 4.66. The Kier molecular flexibility index (Phi) is 3.56. The topological polar surface area (TPSA) is 25.4 Å². The number of nitrogens with zero attached hydrogens (tertiary/aromatic N) is 2. The van der Waals surface area contributed by atoms with Gasteiger partial charge >= 0.3 is 0 Å². The van der Waals surface area contributed by atoms with Crippen LogP contribution in [0.1, 0.15) is 13.8 Å². The van der Waals surface area contributed by atoms with Crippen LogP contribution in [0.5, 0.6) is 0 Å². The average molecular weight is 280 g/mol. The zero-order valence-corrected chi connectivity index (χ0v) is 12.1. The van der Waals surface area contributed by atoms with Crippen molar-refractivity contribution in [3.05, 3.63) is 24.3 Å². The molecule has 0 spiro atoms. The summed E-state index contributed by atoms with van der Waals surface area (Å²) in [6.07, 6.45) is 0.603. The van der Waals surface area contributed by atoms with E-state index in [0.29, 0.717) is 12.2 Å². The molecular weight excluding hydrogens is 264 g/mol. The molecule has 1 aromatic carbocycles. The van der Waals surface area contributed by atoms with Crippen LogP contribution in [0.2, 0.25) is 0 Å². The zero-order valence-electron chi connectivity index (χ0n) is 10.5. The van der Waals surface area contributed by atoms with E-state index >= 15 is 0 Å². The lowest BCUT2D eigenvalue weighted by Crippen LogP contribution is -2.41. The molecule has 0 saturated carbocycles. The molecule has 0 N–H and O–H groups in total. The van der Waals surface area contributed by atoms with E-state index in [1.54, 1.807) is 23.3 Å². The molecule has 18 heavy (non-hydrogen) atoms. The van der Waals surface area contributed by atoms with Gasteiger partial charge in [0.05, 0.1) is 22.4 Å². The summed E-state index contributed by atoms with van der Waals surface area (Å²) in [5, 5.41) is 0. The van der Waals surface area contributed by atoms with Crippen molar-refractivity contribution in [2.24, 2.45) is 0 Å². The number of hydrogen-bond donors (Lipinski definition) is 0. The third-order valence-electron chi connectivity index (χ3n) is 2.87. The molecule has 0 radical (unpaired) electrons. The molecule has 0 unspecified atom stereocenters. The fourth-order valence-electron chi connectivity index (χ4n) is 2.21. The van der Waals surface area contributed by atoms with Gasteiger partial charge in [-0.25, -0.2) is 9.29 Å². The highest BCUT2D eigenvalue weighted by molar-refractivity contribution is 7.98. The predicted octanol–water partition coefficient (Wildman–Crippen LogP) is 3.41. The fourth-order valence-corrected chi connectivity index (χ4v) is 4.57. The van der Waals surface area contributed by atoms with Crippen molar-refractivity contribution < 1.29 is 4.74 Å². The molecule has 0 amide bonds. The summed E-state index contributed by atoms with van der Waals surface area (Å²) in [5.41, 5.74) is 1.10. The van der Waals surface area contributed by atoms with Crippen LogP contribution in [-0.2, 0) is 4.74 Å². The van der Waals surface area contributed by atoms with Crippen molar-refractivity contribution in [3.63, 3.8) is 0 Å². The van der Waals surface area contributed by atoms with Crippen LogP contribution in [0.25, 0.3) is 10.2 Å². The summed E-state index contributed by atoms with van der Waals surface area (Å²) < 4.78 is 10.5. The lowest BCUT2D eigenvalue weighted by atomic mass is 10.3. The van der Waals surface area contributed by atoms with Gasteiger partial charge in [0.1, 0.15) is 0 Å². The minimum absolute atomic E-state index is 0.302. The maximum atomic E-state index is 5.74. The highest BCUT2D eigenvalue weighted by atomic mass is 32.2. The normalized spacial score (nSPS) is 25.7. The monoisotopic (exact) mass is 280 g/mol. The van der Waals surface area contributed by atoms with Gasteiger partial charge in [-0.2, -0.15) is 0 Å². The number of morpholine rings is 1. The number of ether oxygens (including phenoxy) is 1. The van der Waals surface area contributed by atoms with E-state index in [-0.39, 0.29) is 0 Å². The maximum Gasteiger partial charge on any atom is 0.166 e. The second kappa shape index (κ2) is 5.17. The van der Waals surface area contributed by atoms with Gasteiger partial charge in [0.2, 0.25) is 0 Å². The second-order valence-corrected chi connectivity index (χ2v) is 7.02. The summed E-state index contributed by atoms with van der Waals surface area (Å²) in [6, 6.07) is 8.30. The number of fused-ring (bicyclic) bond motifs is 1. The lowest BCUT2D eigenvalue weighted by molar-refractivity contribution is -0.0414. The van der Waals surface area contributed by atoms with Crippen molar-refractivity contribution in [1.82, 2.24) is 9.29 Å². The van der Waals surface area contributed by atoms with Crippen molar-refractivity contribution in [2.75, 3.05) is 13.1 Å².